The minimum atomic E-state index is -4.27. The highest BCUT2D eigenvalue weighted by Crippen LogP contribution is 2.39. The van der Waals surface area contributed by atoms with Crippen molar-refractivity contribution in [2.24, 2.45) is 0 Å². The summed E-state index contributed by atoms with van der Waals surface area (Å²) in [6.07, 6.45) is 0. The zero-order valence-corrected chi connectivity index (χ0v) is 15.5. The molecule has 126 valence electrons. The molecule has 3 nitrogen and oxygen atoms in total. The normalized spacial score (nSPS) is 12.8. The van der Waals surface area contributed by atoms with Gasteiger partial charge in [-0.15, -0.1) is 0 Å². The molecule has 0 unspecified atom stereocenters. The van der Waals surface area contributed by atoms with Gasteiger partial charge in [-0.2, -0.15) is 8.42 Å². The van der Waals surface area contributed by atoms with Crippen molar-refractivity contribution in [2.75, 3.05) is 0 Å². The van der Waals surface area contributed by atoms with Crippen molar-refractivity contribution in [3.05, 3.63) is 41.0 Å². The summed E-state index contributed by atoms with van der Waals surface area (Å²) < 4.78 is 33.6. The molecule has 2 aromatic rings. The highest BCUT2D eigenvalue weighted by Gasteiger charge is 2.23. The van der Waals surface area contributed by atoms with E-state index in [1.807, 2.05) is 12.1 Å². The summed E-state index contributed by atoms with van der Waals surface area (Å²) in [7, 11) is -4.27. The predicted octanol–water partition coefficient (Wildman–Crippen LogP) is 5.46. The Morgan fingerprint density at radius 2 is 1.30 bits per heavy atom. The first-order valence-electron chi connectivity index (χ1n) is 8.12. The summed E-state index contributed by atoms with van der Waals surface area (Å²) in [6, 6.07) is 7.46. The van der Waals surface area contributed by atoms with Crippen LogP contribution in [0.4, 0.5) is 0 Å². The van der Waals surface area contributed by atoms with Gasteiger partial charge in [-0.3, -0.25) is 4.55 Å². The number of fused-ring (bicyclic) bond motifs is 1. The minimum Gasteiger partial charge on any atom is -0.282 e. The molecular formula is C19H26O3S. The second-order valence-electron chi connectivity index (χ2n) is 7.08. The van der Waals surface area contributed by atoms with E-state index in [0.29, 0.717) is 5.39 Å². The van der Waals surface area contributed by atoms with Crippen LogP contribution >= 0.6 is 0 Å². The van der Waals surface area contributed by atoms with E-state index in [0.717, 1.165) is 22.1 Å². The second kappa shape index (κ2) is 6.25. The Kier molecular flexibility index (Phi) is 4.88. The van der Waals surface area contributed by atoms with Crippen LogP contribution in [0.25, 0.3) is 10.8 Å². The zero-order valence-electron chi connectivity index (χ0n) is 14.7. The molecule has 1 N–H and O–H groups in total. The van der Waals surface area contributed by atoms with Crippen LogP contribution in [-0.4, -0.2) is 13.0 Å². The Morgan fingerprint density at radius 3 is 1.74 bits per heavy atom. The quantitative estimate of drug-likeness (QED) is 0.756. The monoisotopic (exact) mass is 334 g/mol. The average Bonchev–Trinajstić information content (AvgIpc) is 2.42. The SMILES string of the molecule is CC(C)c1ccc2c(C(C)C)ccc(S(=O)(=O)O)c2c1C(C)C. The summed E-state index contributed by atoms with van der Waals surface area (Å²) in [5, 5.41) is 1.60. The number of hydrogen-bond donors (Lipinski definition) is 1. The Balaban J connectivity index is 3.11. The third-order valence-electron chi connectivity index (χ3n) is 4.35. The third-order valence-corrected chi connectivity index (χ3v) is 5.25. The lowest BCUT2D eigenvalue weighted by Gasteiger charge is -2.22. The molecule has 23 heavy (non-hydrogen) atoms. The van der Waals surface area contributed by atoms with E-state index < -0.39 is 10.1 Å². The minimum absolute atomic E-state index is 0.0168. The first-order chi connectivity index (χ1) is 10.6. The lowest BCUT2D eigenvalue weighted by molar-refractivity contribution is 0.484. The molecule has 0 aliphatic rings. The van der Waals surface area contributed by atoms with Gasteiger partial charge in [0.05, 0.1) is 0 Å². The Hall–Kier alpha value is -1.39. The summed E-state index contributed by atoms with van der Waals surface area (Å²) in [4.78, 5) is 0.0168. The van der Waals surface area contributed by atoms with Gasteiger partial charge in [0, 0.05) is 5.39 Å². The largest absolute Gasteiger partial charge is 0.295 e. The fourth-order valence-corrected chi connectivity index (χ4v) is 4.04. The molecule has 0 radical (unpaired) electrons. The summed E-state index contributed by atoms with van der Waals surface area (Å²) in [6.45, 7) is 12.5. The molecule has 0 aliphatic heterocycles. The zero-order chi connectivity index (χ0) is 17.5. The van der Waals surface area contributed by atoms with Crippen LogP contribution in [0.5, 0.6) is 0 Å². The highest BCUT2D eigenvalue weighted by atomic mass is 32.2. The van der Waals surface area contributed by atoms with Crippen LogP contribution in [0.1, 0.15) is 76.0 Å². The third kappa shape index (κ3) is 3.29. The van der Waals surface area contributed by atoms with Gasteiger partial charge in [-0.1, -0.05) is 59.7 Å². The van der Waals surface area contributed by atoms with Gasteiger partial charge in [0.2, 0.25) is 0 Å². The molecule has 4 heteroatoms. The molecule has 0 saturated heterocycles. The van der Waals surface area contributed by atoms with E-state index in [-0.39, 0.29) is 22.6 Å². The van der Waals surface area contributed by atoms with Gasteiger partial charge in [0.15, 0.2) is 0 Å². The maximum absolute atomic E-state index is 11.9. The van der Waals surface area contributed by atoms with E-state index in [2.05, 4.69) is 47.6 Å². The second-order valence-corrected chi connectivity index (χ2v) is 8.47. The fraction of sp³-hybridized carbons (Fsp3) is 0.474. The van der Waals surface area contributed by atoms with Gasteiger partial charge < -0.3 is 0 Å². The van der Waals surface area contributed by atoms with Crippen molar-refractivity contribution in [1.29, 1.82) is 0 Å². The van der Waals surface area contributed by atoms with E-state index in [4.69, 9.17) is 0 Å². The molecule has 0 fully saturated rings. The van der Waals surface area contributed by atoms with E-state index in [1.165, 1.54) is 0 Å². The fourth-order valence-electron chi connectivity index (χ4n) is 3.32. The lowest BCUT2D eigenvalue weighted by Crippen LogP contribution is -2.07. The van der Waals surface area contributed by atoms with Gasteiger partial charge in [0.1, 0.15) is 4.90 Å². The molecule has 0 bridgehead atoms. The van der Waals surface area contributed by atoms with Crippen LogP contribution in [0.15, 0.2) is 29.2 Å². The van der Waals surface area contributed by atoms with Crippen molar-refractivity contribution < 1.29 is 13.0 Å². The topological polar surface area (TPSA) is 54.4 Å². The van der Waals surface area contributed by atoms with Crippen molar-refractivity contribution in [1.82, 2.24) is 0 Å². The number of benzene rings is 2. The summed E-state index contributed by atoms with van der Waals surface area (Å²) in [5.41, 5.74) is 3.26. The van der Waals surface area contributed by atoms with Crippen molar-refractivity contribution in [3.8, 4) is 0 Å². The lowest BCUT2D eigenvalue weighted by atomic mass is 9.84. The molecule has 0 spiro atoms. The molecule has 2 rings (SSSR count). The molecule has 0 amide bonds. The molecule has 0 heterocycles. The first-order valence-corrected chi connectivity index (χ1v) is 9.56. The summed E-state index contributed by atoms with van der Waals surface area (Å²) >= 11 is 0. The van der Waals surface area contributed by atoms with E-state index in [9.17, 15) is 13.0 Å². The van der Waals surface area contributed by atoms with E-state index >= 15 is 0 Å². The van der Waals surface area contributed by atoms with Crippen LogP contribution in [-0.2, 0) is 10.1 Å². The van der Waals surface area contributed by atoms with Gasteiger partial charge in [-0.05, 0) is 45.9 Å². The van der Waals surface area contributed by atoms with Gasteiger partial charge >= 0.3 is 0 Å². The van der Waals surface area contributed by atoms with Gasteiger partial charge in [0.25, 0.3) is 10.1 Å². The van der Waals surface area contributed by atoms with Crippen molar-refractivity contribution in [2.45, 2.75) is 64.2 Å². The number of rotatable bonds is 4. The van der Waals surface area contributed by atoms with Crippen molar-refractivity contribution in [3.63, 3.8) is 0 Å². The molecular weight excluding hydrogens is 308 g/mol. The van der Waals surface area contributed by atoms with Crippen LogP contribution in [0.2, 0.25) is 0 Å². The Bertz CT molecular complexity index is 831. The molecule has 0 aliphatic carbocycles. The van der Waals surface area contributed by atoms with Crippen LogP contribution in [0.3, 0.4) is 0 Å². The average molecular weight is 334 g/mol. The molecule has 0 aromatic heterocycles. The molecule has 2 aromatic carbocycles. The first kappa shape index (κ1) is 18.0. The number of hydrogen-bond acceptors (Lipinski definition) is 2. The van der Waals surface area contributed by atoms with Crippen LogP contribution < -0.4 is 0 Å². The maximum Gasteiger partial charge on any atom is 0.295 e. The van der Waals surface area contributed by atoms with E-state index in [1.54, 1.807) is 6.07 Å². The standard InChI is InChI=1S/C19H26O3S/c1-11(2)14-9-10-17(23(20,21)22)19-16(14)8-7-15(12(3)4)18(19)13(5)6/h7-13H,1-6H3,(H,20,21,22). The van der Waals surface area contributed by atoms with Crippen LogP contribution in [0, 0.1) is 0 Å². The predicted molar refractivity (Wildman–Crippen MR) is 96.0 cm³/mol. The summed E-state index contributed by atoms with van der Waals surface area (Å²) in [5.74, 6) is 0.727. The Morgan fingerprint density at radius 1 is 0.783 bits per heavy atom. The molecule has 0 atom stereocenters. The van der Waals surface area contributed by atoms with Gasteiger partial charge in [-0.25, -0.2) is 0 Å². The smallest absolute Gasteiger partial charge is 0.282 e. The molecule has 0 saturated carbocycles. The van der Waals surface area contributed by atoms with Crippen molar-refractivity contribution >= 4 is 20.9 Å². The maximum atomic E-state index is 11.9. The Labute approximate surface area is 139 Å². The highest BCUT2D eigenvalue weighted by molar-refractivity contribution is 7.86.